The van der Waals surface area contributed by atoms with E-state index in [2.05, 4.69) is 10.1 Å². The van der Waals surface area contributed by atoms with E-state index in [0.29, 0.717) is 30.3 Å². The highest BCUT2D eigenvalue weighted by Gasteiger charge is 2.44. The van der Waals surface area contributed by atoms with E-state index in [4.69, 9.17) is 9.63 Å². The molecule has 5 rings (SSSR count). The van der Waals surface area contributed by atoms with Crippen LogP contribution in [0.15, 0.2) is 47.0 Å². The van der Waals surface area contributed by atoms with Gasteiger partial charge in [-0.05, 0) is 61.2 Å². The Bertz CT molecular complexity index is 1270. The number of aliphatic hydroxyl groups excluding tert-OH is 1. The smallest absolute Gasteiger partial charge is 0.392 e. The van der Waals surface area contributed by atoms with E-state index in [-0.39, 0.29) is 35.7 Å². The number of alkyl halides is 6. The number of amides is 1. The number of hydrogen-bond acceptors (Lipinski definition) is 5. The number of fused-ring (bicyclic) bond motifs is 1. The van der Waals surface area contributed by atoms with E-state index in [1.165, 1.54) is 12.1 Å². The van der Waals surface area contributed by atoms with Crippen LogP contribution in [-0.2, 0) is 23.8 Å². The summed E-state index contributed by atoms with van der Waals surface area (Å²) in [6, 6.07) is 7.73. The van der Waals surface area contributed by atoms with Crippen molar-refractivity contribution in [3.8, 4) is 0 Å². The molecule has 2 aliphatic heterocycles. The molecule has 13 heteroatoms. The Labute approximate surface area is 218 Å². The summed E-state index contributed by atoms with van der Waals surface area (Å²) in [4.78, 5) is 18.7. The van der Waals surface area contributed by atoms with E-state index in [0.717, 1.165) is 24.9 Å². The first-order valence-corrected chi connectivity index (χ1v) is 12.0. The van der Waals surface area contributed by atoms with Gasteiger partial charge in [-0.1, -0.05) is 17.3 Å². The molecule has 3 atom stereocenters. The van der Waals surface area contributed by atoms with Gasteiger partial charge in [-0.25, -0.2) is 4.39 Å². The van der Waals surface area contributed by atoms with Crippen molar-refractivity contribution in [3.05, 3.63) is 82.3 Å². The number of halogens is 7. The molecule has 39 heavy (non-hydrogen) atoms. The molecule has 2 saturated heterocycles. The van der Waals surface area contributed by atoms with Gasteiger partial charge in [-0.3, -0.25) is 4.79 Å². The first-order chi connectivity index (χ1) is 18.3. The SMILES string of the molecule is Cc1noc(C2CC(=O)N3CCC(c4ccc(F)cc4)C3C2)n1.OCc1cc(C(F)(F)F)cc(C(F)(F)F)c1. The van der Waals surface area contributed by atoms with Crippen molar-refractivity contribution in [2.24, 2.45) is 0 Å². The van der Waals surface area contributed by atoms with E-state index in [9.17, 15) is 35.5 Å². The minimum Gasteiger partial charge on any atom is -0.392 e. The van der Waals surface area contributed by atoms with Crippen molar-refractivity contribution in [2.75, 3.05) is 6.54 Å². The van der Waals surface area contributed by atoms with Gasteiger partial charge < -0.3 is 14.5 Å². The molecule has 0 radical (unpaired) electrons. The lowest BCUT2D eigenvalue weighted by atomic mass is 9.82. The maximum atomic E-state index is 13.2. The first-order valence-electron chi connectivity index (χ1n) is 12.0. The third kappa shape index (κ3) is 6.57. The lowest BCUT2D eigenvalue weighted by Crippen LogP contribution is -2.43. The van der Waals surface area contributed by atoms with Gasteiger partial charge in [0, 0.05) is 30.8 Å². The summed E-state index contributed by atoms with van der Waals surface area (Å²) < 4.78 is 91.8. The molecule has 0 saturated carbocycles. The predicted molar refractivity (Wildman–Crippen MR) is 123 cm³/mol. The zero-order chi connectivity index (χ0) is 28.5. The summed E-state index contributed by atoms with van der Waals surface area (Å²) in [6.45, 7) is 1.66. The maximum absolute atomic E-state index is 13.2. The number of nitrogens with zero attached hydrogens (tertiary/aromatic N) is 3. The highest BCUT2D eigenvalue weighted by atomic mass is 19.4. The average molecular weight is 559 g/mol. The number of piperidine rings is 1. The second-order valence-electron chi connectivity index (χ2n) is 9.49. The molecule has 2 aliphatic rings. The molecule has 1 aromatic heterocycles. The Morgan fingerprint density at radius 1 is 1.03 bits per heavy atom. The van der Waals surface area contributed by atoms with E-state index < -0.39 is 35.6 Å². The number of hydrogen-bond donors (Lipinski definition) is 1. The summed E-state index contributed by atoms with van der Waals surface area (Å²) in [5, 5.41) is 12.4. The topological polar surface area (TPSA) is 79.5 Å². The zero-order valence-electron chi connectivity index (χ0n) is 20.6. The molecule has 3 aromatic rings. The average Bonchev–Trinajstić information content (AvgIpc) is 3.50. The second-order valence-corrected chi connectivity index (χ2v) is 9.49. The van der Waals surface area contributed by atoms with Crippen LogP contribution in [-0.4, -0.2) is 38.6 Å². The van der Waals surface area contributed by atoms with Crippen LogP contribution < -0.4 is 0 Å². The third-order valence-corrected chi connectivity index (χ3v) is 6.83. The molecular weight excluding hydrogens is 535 g/mol. The Morgan fingerprint density at radius 2 is 1.64 bits per heavy atom. The Balaban J connectivity index is 0.000000195. The van der Waals surface area contributed by atoms with Gasteiger partial charge >= 0.3 is 12.4 Å². The van der Waals surface area contributed by atoms with E-state index >= 15 is 0 Å². The highest BCUT2D eigenvalue weighted by Crippen LogP contribution is 2.43. The van der Waals surface area contributed by atoms with Gasteiger partial charge in [-0.2, -0.15) is 31.3 Å². The molecule has 3 heterocycles. The highest BCUT2D eigenvalue weighted by molar-refractivity contribution is 5.79. The molecule has 2 aromatic carbocycles. The van der Waals surface area contributed by atoms with Crippen molar-refractivity contribution in [3.63, 3.8) is 0 Å². The number of aryl methyl sites for hydroxylation is 1. The molecular formula is C26H24F7N3O3. The van der Waals surface area contributed by atoms with Crippen molar-refractivity contribution in [2.45, 2.75) is 63.0 Å². The predicted octanol–water partition coefficient (Wildman–Crippen LogP) is 6.00. The van der Waals surface area contributed by atoms with Gasteiger partial charge in [-0.15, -0.1) is 0 Å². The molecule has 210 valence electrons. The summed E-state index contributed by atoms with van der Waals surface area (Å²) in [7, 11) is 0. The number of carbonyl (C=O) groups excluding carboxylic acids is 1. The fourth-order valence-electron chi connectivity index (χ4n) is 5.03. The van der Waals surface area contributed by atoms with Crippen LogP contribution >= 0.6 is 0 Å². The molecule has 0 bridgehead atoms. The van der Waals surface area contributed by atoms with Gasteiger partial charge in [0.05, 0.1) is 17.7 Å². The fraction of sp³-hybridized carbons (Fsp3) is 0.423. The van der Waals surface area contributed by atoms with Crippen LogP contribution in [0, 0.1) is 12.7 Å². The second kappa shape index (κ2) is 10.9. The quantitative estimate of drug-likeness (QED) is 0.399. The largest absolute Gasteiger partial charge is 0.416 e. The Morgan fingerprint density at radius 3 is 2.15 bits per heavy atom. The number of aromatic nitrogens is 2. The van der Waals surface area contributed by atoms with Crippen LogP contribution in [0.1, 0.15) is 65.1 Å². The molecule has 0 spiro atoms. The van der Waals surface area contributed by atoms with Crippen molar-refractivity contribution in [1.29, 1.82) is 0 Å². The fourth-order valence-corrected chi connectivity index (χ4v) is 5.03. The standard InChI is InChI=1S/C17H18FN3O2.C9H6F6O/c1-10-19-17(23-20-10)12-8-15-14(6-7-21(15)16(22)9-12)11-2-4-13(18)5-3-11;10-8(11,12)6-1-5(4-16)2-7(3-6)9(13,14)15/h2-5,12,14-15H,6-9H2,1H3;1-3,16H,4H2. The van der Waals surface area contributed by atoms with Crippen LogP contribution in [0.2, 0.25) is 0 Å². The lowest BCUT2D eigenvalue weighted by Gasteiger charge is -2.35. The van der Waals surface area contributed by atoms with E-state index in [1.54, 1.807) is 6.92 Å². The van der Waals surface area contributed by atoms with Gasteiger partial charge in [0.25, 0.3) is 0 Å². The number of carbonyl (C=O) groups is 1. The lowest BCUT2D eigenvalue weighted by molar-refractivity contribution is -0.143. The monoisotopic (exact) mass is 559 g/mol. The van der Waals surface area contributed by atoms with Crippen LogP contribution in [0.25, 0.3) is 0 Å². The normalized spacial score (nSPS) is 21.4. The third-order valence-electron chi connectivity index (χ3n) is 6.83. The maximum Gasteiger partial charge on any atom is 0.416 e. The van der Waals surface area contributed by atoms with Gasteiger partial charge in [0.15, 0.2) is 5.82 Å². The molecule has 6 nitrogen and oxygen atoms in total. The van der Waals surface area contributed by atoms with Crippen LogP contribution in [0.4, 0.5) is 30.7 Å². The van der Waals surface area contributed by atoms with E-state index in [1.807, 2.05) is 17.0 Å². The molecule has 0 aliphatic carbocycles. The Hall–Kier alpha value is -3.48. The summed E-state index contributed by atoms with van der Waals surface area (Å²) >= 11 is 0. The summed E-state index contributed by atoms with van der Waals surface area (Å²) in [5.74, 6) is 1.28. The molecule has 3 unspecified atom stereocenters. The van der Waals surface area contributed by atoms with Crippen molar-refractivity contribution < 1.29 is 45.2 Å². The number of benzene rings is 2. The van der Waals surface area contributed by atoms with Crippen molar-refractivity contribution in [1.82, 2.24) is 15.0 Å². The van der Waals surface area contributed by atoms with Gasteiger partial charge in [0.2, 0.25) is 11.8 Å². The van der Waals surface area contributed by atoms with Crippen molar-refractivity contribution >= 4 is 5.91 Å². The minimum atomic E-state index is -4.87. The summed E-state index contributed by atoms with van der Waals surface area (Å²) in [6.07, 6.45) is -7.59. The van der Waals surface area contributed by atoms with Gasteiger partial charge in [0.1, 0.15) is 5.82 Å². The van der Waals surface area contributed by atoms with Crippen LogP contribution in [0.3, 0.4) is 0 Å². The molecule has 1 amide bonds. The van der Waals surface area contributed by atoms with Crippen LogP contribution in [0.5, 0.6) is 0 Å². The first kappa shape index (κ1) is 28.5. The molecule has 2 fully saturated rings. The number of rotatable bonds is 3. The number of aliphatic hydroxyl groups is 1. The molecule has 1 N–H and O–H groups in total. The summed E-state index contributed by atoms with van der Waals surface area (Å²) in [5.41, 5.74) is -2.19. The minimum absolute atomic E-state index is 0.0131. The zero-order valence-corrected chi connectivity index (χ0v) is 20.6. The Kier molecular flexibility index (Phi) is 8.01.